The Morgan fingerprint density at radius 2 is 0.896 bits per heavy atom. The predicted molar refractivity (Wildman–Crippen MR) is 211 cm³/mol. The molecule has 0 aromatic carbocycles. The zero-order valence-corrected chi connectivity index (χ0v) is 33.3. The Balaban J connectivity index is 2.32. The molecule has 0 bridgehead atoms. The first kappa shape index (κ1) is 44.9. The highest BCUT2D eigenvalue weighted by atomic mass is 16.9. The van der Waals surface area contributed by atoms with Crippen molar-refractivity contribution in [3.63, 3.8) is 0 Å². The van der Waals surface area contributed by atoms with Crippen molar-refractivity contribution in [3.8, 4) is 0 Å². The van der Waals surface area contributed by atoms with Crippen LogP contribution in [0.4, 0.5) is 0 Å². The van der Waals surface area contributed by atoms with Gasteiger partial charge < -0.3 is 14.2 Å². The third-order valence-corrected chi connectivity index (χ3v) is 10.3. The molecule has 3 heteroatoms. The quantitative estimate of drug-likeness (QED) is 0.0526. The minimum Gasteiger partial charge on any atom is -0.327 e. The van der Waals surface area contributed by atoms with E-state index in [1.165, 1.54) is 128 Å². The molecule has 1 aliphatic heterocycles. The lowest BCUT2D eigenvalue weighted by molar-refractivity contribution is -0.338. The lowest BCUT2D eigenvalue weighted by Crippen LogP contribution is -2.37. The molecule has 1 saturated heterocycles. The number of allylic oxidation sites excluding steroid dienone is 8. The van der Waals surface area contributed by atoms with Crippen LogP contribution in [-0.2, 0) is 14.2 Å². The average Bonchev–Trinajstić information content (AvgIpc) is 3.38. The van der Waals surface area contributed by atoms with Crippen LogP contribution in [-0.4, -0.2) is 24.8 Å². The molecule has 2 atom stereocenters. The van der Waals surface area contributed by atoms with Crippen LogP contribution >= 0.6 is 0 Å². The maximum absolute atomic E-state index is 6.56. The summed E-state index contributed by atoms with van der Waals surface area (Å²) in [5.41, 5.74) is 0.0869. The van der Waals surface area contributed by atoms with Crippen molar-refractivity contribution in [2.45, 2.75) is 221 Å². The zero-order valence-electron chi connectivity index (χ0n) is 33.3. The molecule has 0 saturated carbocycles. The van der Waals surface area contributed by atoms with E-state index in [1.54, 1.807) is 0 Å². The second kappa shape index (κ2) is 29.6. The first-order chi connectivity index (χ1) is 23.2. The van der Waals surface area contributed by atoms with Gasteiger partial charge in [0.15, 0.2) is 0 Å². The third-order valence-electron chi connectivity index (χ3n) is 10.3. The number of hydrogen-bond donors (Lipinski definition) is 0. The van der Waals surface area contributed by atoms with Gasteiger partial charge in [0, 0.05) is 6.92 Å². The topological polar surface area (TPSA) is 27.7 Å². The number of rotatable bonds is 32. The largest absolute Gasteiger partial charge is 0.327 e. The van der Waals surface area contributed by atoms with E-state index < -0.39 is 5.97 Å². The Labute approximate surface area is 300 Å². The van der Waals surface area contributed by atoms with Gasteiger partial charge in [0.1, 0.15) is 0 Å². The van der Waals surface area contributed by atoms with E-state index in [-0.39, 0.29) is 17.6 Å². The molecule has 1 heterocycles. The van der Waals surface area contributed by atoms with Crippen molar-refractivity contribution in [1.82, 2.24) is 0 Å². The maximum atomic E-state index is 6.56. The maximum Gasteiger partial charge on any atom is 0.280 e. The summed E-state index contributed by atoms with van der Waals surface area (Å²) in [6.45, 7) is 16.3. The fourth-order valence-corrected chi connectivity index (χ4v) is 6.08. The first-order valence-corrected chi connectivity index (χ1v) is 20.8. The van der Waals surface area contributed by atoms with Crippen LogP contribution < -0.4 is 0 Å². The van der Waals surface area contributed by atoms with Crippen molar-refractivity contribution >= 4 is 0 Å². The summed E-state index contributed by atoms with van der Waals surface area (Å²) in [5.74, 6) is -0.385. The Bertz CT molecular complexity index is 781. The van der Waals surface area contributed by atoms with Crippen LogP contribution in [0, 0.1) is 11.3 Å². The van der Waals surface area contributed by atoms with Gasteiger partial charge >= 0.3 is 0 Å². The summed E-state index contributed by atoms with van der Waals surface area (Å²) in [6, 6.07) is 0. The summed E-state index contributed by atoms with van der Waals surface area (Å²) in [5, 5.41) is 0. The minimum absolute atomic E-state index is 0.0869. The zero-order chi connectivity index (χ0) is 35.2. The molecule has 0 aromatic heterocycles. The van der Waals surface area contributed by atoms with E-state index in [0.29, 0.717) is 12.5 Å². The lowest BCUT2D eigenvalue weighted by Gasteiger charge is -2.33. The van der Waals surface area contributed by atoms with Crippen molar-refractivity contribution in [1.29, 1.82) is 0 Å². The summed E-state index contributed by atoms with van der Waals surface area (Å²) in [6.07, 6.45) is 49.1. The van der Waals surface area contributed by atoms with Crippen molar-refractivity contribution in [2.24, 2.45) is 11.3 Å². The van der Waals surface area contributed by atoms with E-state index in [0.717, 1.165) is 25.7 Å². The van der Waals surface area contributed by atoms with Crippen molar-refractivity contribution in [2.75, 3.05) is 6.61 Å². The van der Waals surface area contributed by atoms with Gasteiger partial charge in [-0.15, -0.1) is 0 Å². The highest BCUT2D eigenvalue weighted by Gasteiger charge is 2.45. The van der Waals surface area contributed by atoms with Gasteiger partial charge in [0.2, 0.25) is 0 Å². The molecule has 280 valence electrons. The molecule has 0 aromatic rings. The van der Waals surface area contributed by atoms with Crippen LogP contribution in [0.2, 0.25) is 0 Å². The molecule has 1 fully saturated rings. The first-order valence-electron chi connectivity index (χ1n) is 20.8. The standard InChI is InChI=1S/C45H82O3/c1-8-10-12-14-16-18-20-22-24-26-28-30-32-34-36-38-42-43(48-45(7,47-42)46-40-44(5,6)41(3)4)39-37-35-33-31-29-27-25-23-21-19-17-15-13-11-9-2/h16-19,22-25,41-43H,8-15,20-21,26-40H2,1-7H3/b18-16-,19-17-,24-22-,25-23-. The van der Waals surface area contributed by atoms with Gasteiger partial charge in [0.25, 0.3) is 5.97 Å². The van der Waals surface area contributed by atoms with E-state index in [2.05, 4.69) is 90.2 Å². The van der Waals surface area contributed by atoms with Gasteiger partial charge in [-0.1, -0.05) is 167 Å². The number of ether oxygens (including phenoxy) is 3. The SMILES string of the molecule is CCCCC/C=C\C/C=C\CCCCCCCC1OC(C)(OCC(C)(C)C(C)C)OC1CCCCCCC/C=C\C/C=C\CCCCC. The van der Waals surface area contributed by atoms with Crippen molar-refractivity contribution < 1.29 is 14.2 Å². The highest BCUT2D eigenvalue weighted by molar-refractivity contribution is 4.93. The van der Waals surface area contributed by atoms with Crippen LogP contribution in [0.1, 0.15) is 203 Å². The fourth-order valence-electron chi connectivity index (χ4n) is 6.08. The molecule has 1 aliphatic rings. The Morgan fingerprint density at radius 1 is 0.542 bits per heavy atom. The molecule has 3 nitrogen and oxygen atoms in total. The molecule has 0 amide bonds. The smallest absolute Gasteiger partial charge is 0.280 e. The summed E-state index contributed by atoms with van der Waals surface area (Å²) in [4.78, 5) is 0. The molecule has 2 unspecified atom stereocenters. The molecule has 48 heavy (non-hydrogen) atoms. The summed E-state index contributed by atoms with van der Waals surface area (Å²) >= 11 is 0. The Kier molecular flexibility index (Phi) is 27.6. The highest BCUT2D eigenvalue weighted by Crippen LogP contribution is 2.37. The second-order valence-electron chi connectivity index (χ2n) is 15.6. The van der Waals surface area contributed by atoms with Gasteiger partial charge in [-0.25, -0.2) is 0 Å². The van der Waals surface area contributed by atoms with Crippen LogP contribution in [0.5, 0.6) is 0 Å². The molecule has 0 aliphatic carbocycles. The average molecular weight is 671 g/mol. The van der Waals surface area contributed by atoms with Crippen LogP contribution in [0.3, 0.4) is 0 Å². The second-order valence-corrected chi connectivity index (χ2v) is 15.6. The van der Waals surface area contributed by atoms with E-state index in [4.69, 9.17) is 14.2 Å². The fraction of sp³-hybridized carbons (Fsp3) is 0.822. The molecular weight excluding hydrogens is 588 g/mol. The molecule has 0 spiro atoms. The number of hydrogen-bond acceptors (Lipinski definition) is 3. The Hall–Kier alpha value is -1.16. The van der Waals surface area contributed by atoms with Gasteiger partial charge in [-0.05, 0) is 88.4 Å². The van der Waals surface area contributed by atoms with Gasteiger partial charge in [-0.3, -0.25) is 0 Å². The number of unbranched alkanes of at least 4 members (excludes halogenated alkanes) is 16. The van der Waals surface area contributed by atoms with E-state index >= 15 is 0 Å². The molecule has 0 N–H and O–H groups in total. The normalized spacial score (nSPS) is 20.7. The molecule has 1 rings (SSSR count). The van der Waals surface area contributed by atoms with E-state index in [1.807, 2.05) is 6.92 Å². The van der Waals surface area contributed by atoms with Crippen LogP contribution in [0.25, 0.3) is 0 Å². The van der Waals surface area contributed by atoms with Gasteiger partial charge in [0.05, 0.1) is 18.8 Å². The minimum atomic E-state index is -0.921. The van der Waals surface area contributed by atoms with Crippen molar-refractivity contribution in [3.05, 3.63) is 48.6 Å². The summed E-state index contributed by atoms with van der Waals surface area (Å²) in [7, 11) is 0. The third kappa shape index (κ3) is 24.1. The Morgan fingerprint density at radius 3 is 1.27 bits per heavy atom. The lowest BCUT2D eigenvalue weighted by atomic mass is 9.82. The van der Waals surface area contributed by atoms with E-state index in [9.17, 15) is 0 Å². The van der Waals surface area contributed by atoms with Crippen LogP contribution in [0.15, 0.2) is 48.6 Å². The predicted octanol–water partition coefficient (Wildman–Crippen LogP) is 14.8. The summed E-state index contributed by atoms with van der Waals surface area (Å²) < 4.78 is 19.5. The monoisotopic (exact) mass is 671 g/mol. The molecule has 0 radical (unpaired) electrons. The molecular formula is C45H82O3. The van der Waals surface area contributed by atoms with Gasteiger partial charge in [-0.2, -0.15) is 0 Å².